The number of carbonyl (C=O) groups is 1. The fourth-order valence-corrected chi connectivity index (χ4v) is 2.35. The molecule has 4 heteroatoms. The van der Waals surface area contributed by atoms with E-state index >= 15 is 0 Å². The highest BCUT2D eigenvalue weighted by molar-refractivity contribution is 6.00. The summed E-state index contributed by atoms with van der Waals surface area (Å²) < 4.78 is 5.11. The number of hydrogen-bond acceptors (Lipinski definition) is 3. The minimum Gasteiger partial charge on any atom is -0.398 e. The van der Waals surface area contributed by atoms with Crippen LogP contribution in [0.2, 0.25) is 0 Å². The van der Waals surface area contributed by atoms with Gasteiger partial charge in [-0.05, 0) is 30.5 Å². The van der Waals surface area contributed by atoms with Gasteiger partial charge in [0.2, 0.25) is 0 Å². The van der Waals surface area contributed by atoms with E-state index in [1.165, 1.54) is 5.57 Å². The Balaban J connectivity index is 2.14. The van der Waals surface area contributed by atoms with Gasteiger partial charge >= 0.3 is 0 Å². The van der Waals surface area contributed by atoms with Gasteiger partial charge < -0.3 is 15.4 Å². The molecule has 0 spiro atoms. The van der Waals surface area contributed by atoms with Gasteiger partial charge in [0.25, 0.3) is 5.91 Å². The van der Waals surface area contributed by atoms with E-state index in [0.717, 1.165) is 18.5 Å². The van der Waals surface area contributed by atoms with Crippen LogP contribution in [0.3, 0.4) is 0 Å². The fourth-order valence-electron chi connectivity index (χ4n) is 2.35. The molecule has 0 saturated carbocycles. The first-order chi connectivity index (χ1) is 9.13. The average Bonchev–Trinajstić information content (AvgIpc) is 2.39. The Morgan fingerprint density at radius 3 is 2.84 bits per heavy atom. The molecular weight excluding hydrogens is 240 g/mol. The van der Waals surface area contributed by atoms with Gasteiger partial charge in [0, 0.05) is 25.9 Å². The molecule has 0 aliphatic carbocycles. The van der Waals surface area contributed by atoms with Crippen molar-refractivity contribution in [2.24, 2.45) is 0 Å². The molecule has 0 bridgehead atoms. The maximum atomic E-state index is 12.5. The van der Waals surface area contributed by atoms with Crippen molar-refractivity contribution >= 4 is 11.6 Å². The van der Waals surface area contributed by atoms with Crippen molar-refractivity contribution in [1.82, 2.24) is 4.90 Å². The quantitative estimate of drug-likeness (QED) is 0.668. The second-order valence-corrected chi connectivity index (χ2v) is 4.84. The highest BCUT2D eigenvalue weighted by Gasteiger charge is 2.21. The lowest BCUT2D eigenvalue weighted by Crippen LogP contribution is -2.36. The number of amides is 1. The number of aryl methyl sites for hydroxylation is 1. The lowest BCUT2D eigenvalue weighted by molar-refractivity contribution is 0.0765. The summed E-state index contributed by atoms with van der Waals surface area (Å²) in [7, 11) is 1.69. The average molecular weight is 260 g/mol. The summed E-state index contributed by atoms with van der Waals surface area (Å²) in [6.07, 6.45) is 2.94. The van der Waals surface area contributed by atoms with E-state index < -0.39 is 0 Å². The number of nitrogens with two attached hydrogens (primary N) is 1. The van der Waals surface area contributed by atoms with Gasteiger partial charge in [-0.3, -0.25) is 4.79 Å². The van der Waals surface area contributed by atoms with Gasteiger partial charge in [-0.2, -0.15) is 0 Å². The number of anilines is 1. The summed E-state index contributed by atoms with van der Waals surface area (Å²) in [6, 6.07) is 5.56. The van der Waals surface area contributed by atoms with Crippen LogP contribution in [0.25, 0.3) is 0 Å². The van der Waals surface area contributed by atoms with Crippen molar-refractivity contribution < 1.29 is 9.53 Å². The highest BCUT2D eigenvalue weighted by Crippen LogP contribution is 2.21. The molecule has 19 heavy (non-hydrogen) atoms. The molecule has 0 unspecified atom stereocenters. The number of nitrogen functional groups attached to an aromatic ring is 1. The van der Waals surface area contributed by atoms with Crippen molar-refractivity contribution in [2.45, 2.75) is 13.3 Å². The van der Waals surface area contributed by atoms with E-state index in [4.69, 9.17) is 10.5 Å². The van der Waals surface area contributed by atoms with Crippen LogP contribution in [0.4, 0.5) is 5.69 Å². The monoisotopic (exact) mass is 260 g/mol. The van der Waals surface area contributed by atoms with Crippen molar-refractivity contribution in [3.05, 3.63) is 41.0 Å². The largest absolute Gasteiger partial charge is 0.398 e. The molecule has 2 N–H and O–H groups in total. The Kier molecular flexibility index (Phi) is 4.22. The molecule has 1 aliphatic rings. The zero-order valence-electron chi connectivity index (χ0n) is 11.5. The van der Waals surface area contributed by atoms with E-state index in [-0.39, 0.29) is 5.91 Å². The normalized spacial score (nSPS) is 15.3. The first kappa shape index (κ1) is 13.6. The first-order valence-electron chi connectivity index (χ1n) is 6.44. The van der Waals surface area contributed by atoms with Crippen molar-refractivity contribution in [2.75, 3.05) is 32.5 Å². The molecule has 1 heterocycles. The molecule has 1 aromatic rings. The summed E-state index contributed by atoms with van der Waals surface area (Å²) in [5.74, 6) is 0.0170. The maximum Gasteiger partial charge on any atom is 0.256 e. The number of hydrogen-bond donors (Lipinski definition) is 1. The fraction of sp³-hybridized carbons (Fsp3) is 0.400. The van der Waals surface area contributed by atoms with Crippen LogP contribution in [-0.2, 0) is 4.74 Å². The van der Waals surface area contributed by atoms with E-state index in [2.05, 4.69) is 6.08 Å². The Morgan fingerprint density at radius 1 is 1.47 bits per heavy atom. The Bertz CT molecular complexity index is 489. The molecular formula is C15H20N2O2. The van der Waals surface area contributed by atoms with Crippen LogP contribution in [-0.4, -0.2) is 37.6 Å². The van der Waals surface area contributed by atoms with Gasteiger partial charge in [0.05, 0.1) is 12.2 Å². The maximum absolute atomic E-state index is 12.5. The third-order valence-corrected chi connectivity index (χ3v) is 3.44. The smallest absolute Gasteiger partial charge is 0.256 e. The summed E-state index contributed by atoms with van der Waals surface area (Å²) in [5.41, 5.74) is 9.29. The third kappa shape index (κ3) is 2.96. The third-order valence-electron chi connectivity index (χ3n) is 3.44. The predicted molar refractivity (Wildman–Crippen MR) is 76.1 cm³/mol. The summed E-state index contributed by atoms with van der Waals surface area (Å²) in [6.45, 7) is 3.92. The van der Waals surface area contributed by atoms with Crippen molar-refractivity contribution in [1.29, 1.82) is 0 Å². The van der Waals surface area contributed by atoms with E-state index in [0.29, 0.717) is 24.4 Å². The Morgan fingerprint density at radius 2 is 2.26 bits per heavy atom. The molecule has 102 valence electrons. The van der Waals surface area contributed by atoms with Crippen LogP contribution in [0.15, 0.2) is 29.8 Å². The van der Waals surface area contributed by atoms with Gasteiger partial charge in [-0.15, -0.1) is 0 Å². The molecule has 1 amide bonds. The second kappa shape index (κ2) is 5.89. The Hall–Kier alpha value is -1.81. The number of benzene rings is 1. The van der Waals surface area contributed by atoms with Crippen LogP contribution >= 0.6 is 0 Å². The number of rotatable bonds is 3. The minimum atomic E-state index is 0.0170. The van der Waals surface area contributed by atoms with E-state index in [9.17, 15) is 4.79 Å². The zero-order valence-corrected chi connectivity index (χ0v) is 11.5. The summed E-state index contributed by atoms with van der Waals surface area (Å²) >= 11 is 0. The van der Waals surface area contributed by atoms with Crippen molar-refractivity contribution in [3.63, 3.8) is 0 Å². The SMILES string of the molecule is COCC1=CCN(C(=O)c2c(C)cccc2N)CC1. The van der Waals surface area contributed by atoms with Gasteiger partial charge in [-0.1, -0.05) is 18.2 Å². The van der Waals surface area contributed by atoms with E-state index in [1.54, 1.807) is 13.2 Å². The van der Waals surface area contributed by atoms with Crippen LogP contribution in [0.5, 0.6) is 0 Å². The standard InChI is InChI=1S/C15H20N2O2/c1-11-4-3-5-13(16)14(11)15(18)17-8-6-12(7-9-17)10-19-2/h3-6H,7-10,16H2,1-2H3. The highest BCUT2D eigenvalue weighted by atomic mass is 16.5. The summed E-state index contributed by atoms with van der Waals surface area (Å²) in [5, 5.41) is 0. The van der Waals surface area contributed by atoms with Crippen LogP contribution in [0, 0.1) is 6.92 Å². The molecule has 0 radical (unpaired) electrons. The molecule has 1 aliphatic heterocycles. The second-order valence-electron chi connectivity index (χ2n) is 4.84. The molecule has 2 rings (SSSR count). The number of ether oxygens (including phenoxy) is 1. The first-order valence-corrected chi connectivity index (χ1v) is 6.44. The van der Waals surface area contributed by atoms with Crippen LogP contribution in [0.1, 0.15) is 22.3 Å². The lowest BCUT2D eigenvalue weighted by atomic mass is 10.0. The van der Waals surface area contributed by atoms with Crippen molar-refractivity contribution in [3.8, 4) is 0 Å². The number of nitrogens with zero attached hydrogens (tertiary/aromatic N) is 1. The molecule has 0 fully saturated rings. The minimum absolute atomic E-state index is 0.0170. The molecule has 4 nitrogen and oxygen atoms in total. The van der Waals surface area contributed by atoms with Gasteiger partial charge in [-0.25, -0.2) is 0 Å². The molecule has 1 aromatic carbocycles. The predicted octanol–water partition coefficient (Wildman–Crippen LogP) is 2.00. The van der Waals surface area contributed by atoms with Crippen LogP contribution < -0.4 is 5.73 Å². The Labute approximate surface area is 113 Å². The zero-order chi connectivity index (χ0) is 13.8. The molecule has 0 saturated heterocycles. The molecule has 0 atom stereocenters. The summed E-state index contributed by atoms with van der Waals surface area (Å²) in [4.78, 5) is 14.3. The number of methoxy groups -OCH3 is 1. The van der Waals surface area contributed by atoms with Gasteiger partial charge in [0.15, 0.2) is 0 Å². The number of carbonyl (C=O) groups excluding carboxylic acids is 1. The topological polar surface area (TPSA) is 55.6 Å². The van der Waals surface area contributed by atoms with Gasteiger partial charge in [0.1, 0.15) is 0 Å². The lowest BCUT2D eigenvalue weighted by Gasteiger charge is -2.27. The van der Waals surface area contributed by atoms with E-state index in [1.807, 2.05) is 24.0 Å². The molecule has 0 aromatic heterocycles.